The molecule has 1 heterocycles. The first-order chi connectivity index (χ1) is 13.0. The van der Waals surface area contributed by atoms with E-state index in [1.807, 2.05) is 50.3 Å². The lowest BCUT2D eigenvalue weighted by Crippen LogP contribution is -1.94. The second kappa shape index (κ2) is 8.67. The van der Waals surface area contributed by atoms with Crippen molar-refractivity contribution in [1.29, 1.82) is 0 Å². The molecule has 0 aliphatic heterocycles. The van der Waals surface area contributed by atoms with Crippen LogP contribution < -0.4 is 4.74 Å². The molecule has 0 aliphatic rings. The van der Waals surface area contributed by atoms with Crippen molar-refractivity contribution in [2.24, 2.45) is 0 Å². The molecule has 0 radical (unpaired) electrons. The van der Waals surface area contributed by atoms with Crippen molar-refractivity contribution in [2.45, 2.75) is 19.8 Å². The quantitative estimate of drug-likeness (QED) is 0.428. The van der Waals surface area contributed by atoms with Gasteiger partial charge in [0.25, 0.3) is 0 Å². The summed E-state index contributed by atoms with van der Waals surface area (Å²) >= 11 is 7.03. The number of ether oxygens (including phenoxy) is 1. The van der Waals surface area contributed by atoms with Crippen LogP contribution in [0.4, 0.5) is 0 Å². The molecule has 0 fully saturated rings. The van der Waals surface area contributed by atoms with E-state index in [0.29, 0.717) is 22.8 Å². The maximum Gasteiger partial charge on any atom is 0.155 e. The van der Waals surface area contributed by atoms with Gasteiger partial charge in [0.1, 0.15) is 11.5 Å². The topological polar surface area (TPSA) is 55.2 Å². The molecule has 6 heteroatoms. The van der Waals surface area contributed by atoms with E-state index in [2.05, 4.69) is 41.8 Å². The van der Waals surface area contributed by atoms with Crippen LogP contribution in [0.25, 0.3) is 12.2 Å². The molecular weight excluding hydrogens is 472 g/mol. The largest absolute Gasteiger partial charge is 0.507 e. The number of aromatic hydroxyl groups is 1. The van der Waals surface area contributed by atoms with Crippen LogP contribution in [0, 0.1) is 0 Å². The number of benzene rings is 2. The highest BCUT2D eigenvalue weighted by atomic mass is 79.9. The minimum absolute atomic E-state index is 0.139. The third-order valence-electron chi connectivity index (χ3n) is 3.92. The number of halogens is 2. The zero-order valence-corrected chi connectivity index (χ0v) is 18.0. The Labute approximate surface area is 175 Å². The number of para-hydroxylation sites is 1. The van der Waals surface area contributed by atoms with E-state index < -0.39 is 0 Å². The van der Waals surface area contributed by atoms with Gasteiger partial charge in [0.15, 0.2) is 5.75 Å². The fourth-order valence-electron chi connectivity index (χ4n) is 2.55. The highest BCUT2D eigenvalue weighted by Gasteiger charge is 2.14. The number of phenols is 1. The van der Waals surface area contributed by atoms with Gasteiger partial charge in [0, 0.05) is 23.5 Å². The Morgan fingerprint density at radius 3 is 2.44 bits per heavy atom. The molecule has 4 nitrogen and oxygen atoms in total. The van der Waals surface area contributed by atoms with Crippen LogP contribution in [0.2, 0.25) is 0 Å². The van der Waals surface area contributed by atoms with Crippen LogP contribution in [0.15, 0.2) is 57.9 Å². The molecule has 0 spiro atoms. The first-order valence-corrected chi connectivity index (χ1v) is 9.97. The maximum atomic E-state index is 10.7. The molecule has 0 amide bonds. The Bertz CT molecular complexity index is 953. The molecule has 0 atom stereocenters. The average molecular weight is 490 g/mol. The van der Waals surface area contributed by atoms with Crippen LogP contribution in [-0.2, 0) is 0 Å². The lowest BCUT2D eigenvalue weighted by molar-refractivity contribution is 0.452. The van der Waals surface area contributed by atoms with E-state index in [1.54, 1.807) is 24.7 Å². The van der Waals surface area contributed by atoms with E-state index in [0.717, 1.165) is 14.5 Å². The number of aromatic nitrogens is 2. The van der Waals surface area contributed by atoms with Crippen molar-refractivity contribution in [2.75, 3.05) is 0 Å². The summed E-state index contributed by atoms with van der Waals surface area (Å²) in [4.78, 5) is 8.27. The van der Waals surface area contributed by atoms with Crippen molar-refractivity contribution in [3.05, 3.63) is 74.7 Å². The van der Waals surface area contributed by atoms with Crippen molar-refractivity contribution >= 4 is 44.0 Å². The fourth-order valence-corrected chi connectivity index (χ4v) is 3.71. The highest BCUT2D eigenvalue weighted by Crippen LogP contribution is 2.40. The molecule has 2 aromatic carbocycles. The third kappa shape index (κ3) is 4.76. The molecule has 1 aromatic heterocycles. The normalized spacial score (nSPS) is 11.3. The predicted molar refractivity (Wildman–Crippen MR) is 115 cm³/mol. The number of hydrogen-bond acceptors (Lipinski definition) is 4. The SMILES string of the molecule is CC(C)c1cc(Oc2c(Br)cccc2Br)cc(C=Cc2cnccn2)c1O. The molecule has 3 aromatic rings. The van der Waals surface area contributed by atoms with Crippen molar-refractivity contribution < 1.29 is 9.84 Å². The Morgan fingerprint density at radius 2 is 1.81 bits per heavy atom. The number of rotatable bonds is 5. The second-order valence-corrected chi connectivity index (χ2v) is 7.93. The third-order valence-corrected chi connectivity index (χ3v) is 5.17. The molecule has 138 valence electrons. The van der Waals surface area contributed by atoms with Gasteiger partial charge >= 0.3 is 0 Å². The summed E-state index contributed by atoms with van der Waals surface area (Å²) in [7, 11) is 0. The van der Waals surface area contributed by atoms with Gasteiger partial charge in [-0.15, -0.1) is 0 Å². The van der Waals surface area contributed by atoms with Gasteiger partial charge in [0.05, 0.1) is 20.8 Å². The van der Waals surface area contributed by atoms with Crippen LogP contribution in [0.3, 0.4) is 0 Å². The van der Waals surface area contributed by atoms with Gasteiger partial charge in [-0.1, -0.05) is 19.9 Å². The van der Waals surface area contributed by atoms with Gasteiger partial charge in [-0.2, -0.15) is 0 Å². The number of hydrogen-bond donors (Lipinski definition) is 1. The monoisotopic (exact) mass is 488 g/mol. The molecular formula is C21H18Br2N2O2. The minimum atomic E-state index is 0.139. The van der Waals surface area contributed by atoms with Crippen molar-refractivity contribution in [3.8, 4) is 17.2 Å². The maximum absolute atomic E-state index is 10.7. The molecule has 0 saturated heterocycles. The summed E-state index contributed by atoms with van der Waals surface area (Å²) in [5, 5.41) is 10.7. The van der Waals surface area contributed by atoms with E-state index in [1.165, 1.54) is 0 Å². The standard InChI is InChI=1S/C21H18Br2N2O2/c1-13(2)17-11-16(27-21-18(22)4-3-5-19(21)23)10-14(20(17)26)6-7-15-12-24-8-9-25-15/h3-13,26H,1-2H3. The van der Waals surface area contributed by atoms with Crippen LogP contribution in [0.5, 0.6) is 17.2 Å². The first-order valence-electron chi connectivity index (χ1n) is 8.38. The molecule has 1 N–H and O–H groups in total. The van der Waals surface area contributed by atoms with Gasteiger partial charge < -0.3 is 9.84 Å². The summed E-state index contributed by atoms with van der Waals surface area (Å²) in [5.41, 5.74) is 2.18. The summed E-state index contributed by atoms with van der Waals surface area (Å²) in [6, 6.07) is 9.43. The lowest BCUT2D eigenvalue weighted by Gasteiger charge is -2.16. The van der Waals surface area contributed by atoms with Crippen molar-refractivity contribution in [3.63, 3.8) is 0 Å². The summed E-state index contributed by atoms with van der Waals surface area (Å²) in [6.07, 6.45) is 8.53. The van der Waals surface area contributed by atoms with Gasteiger partial charge in [-0.05, 0) is 74.2 Å². The van der Waals surface area contributed by atoms with Crippen LogP contribution in [0.1, 0.15) is 36.6 Å². The molecule has 27 heavy (non-hydrogen) atoms. The van der Waals surface area contributed by atoms with Crippen LogP contribution >= 0.6 is 31.9 Å². The zero-order valence-electron chi connectivity index (χ0n) is 14.9. The van der Waals surface area contributed by atoms with E-state index >= 15 is 0 Å². The second-order valence-electron chi connectivity index (χ2n) is 6.22. The summed E-state index contributed by atoms with van der Waals surface area (Å²) < 4.78 is 7.79. The van der Waals surface area contributed by atoms with Crippen molar-refractivity contribution in [1.82, 2.24) is 9.97 Å². The Kier molecular flexibility index (Phi) is 6.29. The highest BCUT2D eigenvalue weighted by molar-refractivity contribution is 9.11. The Hall–Kier alpha value is -2.18. The summed E-state index contributed by atoms with van der Waals surface area (Å²) in [5.74, 6) is 1.70. The van der Waals surface area contributed by atoms with E-state index in [-0.39, 0.29) is 11.7 Å². The number of nitrogens with zero attached hydrogens (tertiary/aromatic N) is 2. The molecule has 0 bridgehead atoms. The molecule has 0 saturated carbocycles. The zero-order chi connectivity index (χ0) is 19.4. The van der Waals surface area contributed by atoms with Gasteiger partial charge in [-0.3, -0.25) is 9.97 Å². The minimum Gasteiger partial charge on any atom is -0.507 e. The molecule has 3 rings (SSSR count). The Balaban J connectivity index is 2.02. The van der Waals surface area contributed by atoms with Crippen LogP contribution in [-0.4, -0.2) is 15.1 Å². The molecule has 0 aliphatic carbocycles. The predicted octanol–water partition coefficient (Wildman–Crippen LogP) is 6.79. The van der Waals surface area contributed by atoms with Gasteiger partial charge in [0.2, 0.25) is 0 Å². The van der Waals surface area contributed by atoms with E-state index in [4.69, 9.17) is 4.74 Å². The summed E-state index contributed by atoms with van der Waals surface area (Å²) in [6.45, 7) is 4.06. The smallest absolute Gasteiger partial charge is 0.155 e. The lowest BCUT2D eigenvalue weighted by atomic mass is 9.98. The van der Waals surface area contributed by atoms with Gasteiger partial charge in [-0.25, -0.2) is 0 Å². The average Bonchev–Trinajstić information content (AvgIpc) is 2.65. The molecule has 0 unspecified atom stereocenters. The number of phenolic OH excluding ortho intramolecular Hbond substituents is 1. The Morgan fingerprint density at radius 1 is 1.07 bits per heavy atom. The van der Waals surface area contributed by atoms with E-state index in [9.17, 15) is 5.11 Å². The fraction of sp³-hybridized carbons (Fsp3) is 0.143. The first kappa shape index (κ1) is 19.6.